The summed E-state index contributed by atoms with van der Waals surface area (Å²) >= 11 is 0. The number of nitrogens with one attached hydrogen (secondary N) is 1. The lowest BCUT2D eigenvalue weighted by atomic mass is 10.00. The van der Waals surface area contributed by atoms with Crippen LogP contribution in [0.5, 0.6) is 0 Å². The number of fused-ring (bicyclic) bond motifs is 1. The normalized spacial score (nSPS) is 28.8. The van der Waals surface area contributed by atoms with Crippen LogP contribution in [-0.4, -0.2) is 52.1 Å². The summed E-state index contributed by atoms with van der Waals surface area (Å²) in [5.74, 6) is 0.509. The van der Waals surface area contributed by atoms with Gasteiger partial charge in [-0.3, -0.25) is 9.36 Å². The Morgan fingerprint density at radius 3 is 2.70 bits per heavy atom. The number of hydrogen-bond acceptors (Lipinski definition) is 6. The number of pyridine rings is 1. The SMILES string of the molecule is CC1CC(Nc2ncc3ccc(=O)n([C@H]4CCCC45CC5)c3n2)CCN1S(C)(=O)=O. The third kappa shape index (κ3) is 3.41. The van der Waals surface area contributed by atoms with Crippen molar-refractivity contribution in [3.8, 4) is 0 Å². The Bertz CT molecular complexity index is 1140. The molecule has 2 aromatic heterocycles. The molecule has 3 heterocycles. The first-order chi connectivity index (χ1) is 14.3. The van der Waals surface area contributed by atoms with E-state index in [1.54, 1.807) is 22.6 Å². The molecule has 0 aromatic carbocycles. The quantitative estimate of drug-likeness (QED) is 0.799. The van der Waals surface area contributed by atoms with Crippen molar-refractivity contribution < 1.29 is 8.42 Å². The van der Waals surface area contributed by atoms with E-state index < -0.39 is 10.0 Å². The van der Waals surface area contributed by atoms with Crippen molar-refractivity contribution in [3.05, 3.63) is 28.7 Å². The van der Waals surface area contributed by atoms with Crippen molar-refractivity contribution >= 4 is 27.0 Å². The molecule has 3 aliphatic rings. The minimum absolute atomic E-state index is 0.0143. The van der Waals surface area contributed by atoms with E-state index in [0.29, 0.717) is 36.4 Å². The monoisotopic (exact) mass is 431 g/mol. The van der Waals surface area contributed by atoms with Crippen molar-refractivity contribution in [1.82, 2.24) is 18.8 Å². The Kier molecular flexibility index (Phi) is 4.66. The Morgan fingerprint density at radius 1 is 1.20 bits per heavy atom. The van der Waals surface area contributed by atoms with Crippen LogP contribution in [0.2, 0.25) is 0 Å². The average Bonchev–Trinajstić information content (AvgIpc) is 3.34. The van der Waals surface area contributed by atoms with Crippen molar-refractivity contribution in [3.63, 3.8) is 0 Å². The van der Waals surface area contributed by atoms with Crippen LogP contribution >= 0.6 is 0 Å². The maximum absolute atomic E-state index is 12.8. The predicted molar refractivity (Wildman–Crippen MR) is 116 cm³/mol. The number of piperidine rings is 1. The minimum atomic E-state index is -3.19. The van der Waals surface area contributed by atoms with E-state index in [1.807, 2.05) is 11.5 Å². The van der Waals surface area contributed by atoms with Crippen LogP contribution in [0.1, 0.15) is 57.9 Å². The molecular weight excluding hydrogens is 402 g/mol. The molecule has 0 bridgehead atoms. The van der Waals surface area contributed by atoms with Crippen LogP contribution in [0.3, 0.4) is 0 Å². The highest BCUT2D eigenvalue weighted by molar-refractivity contribution is 7.88. The largest absolute Gasteiger partial charge is 0.351 e. The molecule has 2 aromatic rings. The van der Waals surface area contributed by atoms with Gasteiger partial charge in [0.2, 0.25) is 16.0 Å². The smallest absolute Gasteiger partial charge is 0.252 e. The number of aromatic nitrogens is 3. The molecule has 5 rings (SSSR count). The summed E-state index contributed by atoms with van der Waals surface area (Å²) in [5.41, 5.74) is 1.02. The fourth-order valence-electron chi connectivity index (χ4n) is 5.63. The third-order valence-electron chi connectivity index (χ3n) is 7.30. The zero-order chi connectivity index (χ0) is 21.1. The molecule has 8 nitrogen and oxygen atoms in total. The maximum atomic E-state index is 12.8. The lowest BCUT2D eigenvalue weighted by Crippen LogP contribution is -2.47. The first-order valence-corrected chi connectivity index (χ1v) is 12.7. The summed E-state index contributed by atoms with van der Waals surface area (Å²) in [4.78, 5) is 22.1. The lowest BCUT2D eigenvalue weighted by Gasteiger charge is -2.36. The van der Waals surface area contributed by atoms with E-state index in [0.717, 1.165) is 11.8 Å². The zero-order valence-corrected chi connectivity index (χ0v) is 18.4. The van der Waals surface area contributed by atoms with Crippen LogP contribution in [0.25, 0.3) is 11.0 Å². The fourth-order valence-corrected chi connectivity index (χ4v) is 6.81. The topological polar surface area (TPSA) is 97.2 Å². The number of nitrogens with zero attached hydrogens (tertiary/aromatic N) is 4. The highest BCUT2D eigenvalue weighted by Gasteiger charge is 2.53. The molecular formula is C21H29N5O3S. The van der Waals surface area contributed by atoms with Crippen LogP contribution in [-0.2, 0) is 10.0 Å². The summed E-state index contributed by atoms with van der Waals surface area (Å²) in [6, 6.07) is 3.70. The van der Waals surface area contributed by atoms with Gasteiger partial charge in [-0.25, -0.2) is 13.4 Å². The second-order valence-corrected chi connectivity index (χ2v) is 11.3. The molecule has 1 saturated heterocycles. The molecule has 1 aliphatic heterocycles. The Labute approximate surface area is 176 Å². The van der Waals surface area contributed by atoms with Gasteiger partial charge >= 0.3 is 0 Å². The van der Waals surface area contributed by atoms with Gasteiger partial charge in [0.1, 0.15) is 5.65 Å². The molecule has 0 radical (unpaired) electrons. The van der Waals surface area contributed by atoms with Crippen molar-refractivity contribution in [2.45, 2.75) is 70.0 Å². The standard InChI is InChI=1S/C21H29N5O3S/c1-14-12-16(7-11-25(14)30(2,28)29)23-20-22-13-15-5-6-18(27)26(19(15)24-20)17-4-3-8-21(17)9-10-21/h5-6,13-14,16-17H,3-4,7-12H2,1-2H3,(H,22,23,24)/t14?,16?,17-/m0/s1. The van der Waals surface area contributed by atoms with Crippen LogP contribution < -0.4 is 10.9 Å². The van der Waals surface area contributed by atoms with Crippen molar-refractivity contribution in [1.29, 1.82) is 0 Å². The van der Waals surface area contributed by atoms with Gasteiger partial charge < -0.3 is 5.32 Å². The second kappa shape index (κ2) is 7.02. The molecule has 1 spiro atoms. The van der Waals surface area contributed by atoms with E-state index in [-0.39, 0.29) is 23.7 Å². The first-order valence-electron chi connectivity index (χ1n) is 10.9. The second-order valence-electron chi connectivity index (χ2n) is 9.37. The number of hydrogen-bond donors (Lipinski definition) is 1. The Balaban J connectivity index is 1.43. The maximum Gasteiger partial charge on any atom is 0.252 e. The minimum Gasteiger partial charge on any atom is -0.351 e. The van der Waals surface area contributed by atoms with Gasteiger partial charge in [0, 0.05) is 42.3 Å². The molecule has 162 valence electrons. The molecule has 9 heteroatoms. The molecule has 1 N–H and O–H groups in total. The third-order valence-corrected chi connectivity index (χ3v) is 8.70. The highest BCUT2D eigenvalue weighted by Crippen LogP contribution is 2.63. The van der Waals surface area contributed by atoms with E-state index in [9.17, 15) is 13.2 Å². The molecule has 2 unspecified atom stereocenters. The number of anilines is 1. The van der Waals surface area contributed by atoms with Gasteiger partial charge in [0.15, 0.2) is 0 Å². The summed E-state index contributed by atoms with van der Waals surface area (Å²) in [7, 11) is -3.19. The summed E-state index contributed by atoms with van der Waals surface area (Å²) in [6.07, 6.45) is 10.2. The van der Waals surface area contributed by atoms with Crippen LogP contribution in [0.15, 0.2) is 23.1 Å². The van der Waals surface area contributed by atoms with Crippen LogP contribution in [0.4, 0.5) is 5.95 Å². The molecule has 3 atom stereocenters. The van der Waals surface area contributed by atoms with Crippen molar-refractivity contribution in [2.24, 2.45) is 5.41 Å². The molecule has 2 saturated carbocycles. The van der Waals surface area contributed by atoms with E-state index in [1.165, 1.54) is 31.9 Å². The van der Waals surface area contributed by atoms with Gasteiger partial charge in [-0.05, 0) is 56.9 Å². The Morgan fingerprint density at radius 2 is 2.00 bits per heavy atom. The highest BCUT2D eigenvalue weighted by atomic mass is 32.2. The number of rotatable bonds is 4. The molecule has 3 fully saturated rings. The van der Waals surface area contributed by atoms with Gasteiger partial charge in [0.05, 0.1) is 6.26 Å². The van der Waals surface area contributed by atoms with Gasteiger partial charge in [0.25, 0.3) is 5.56 Å². The zero-order valence-electron chi connectivity index (χ0n) is 17.5. The Hall–Kier alpha value is -2.00. The van der Waals surface area contributed by atoms with Crippen molar-refractivity contribution in [2.75, 3.05) is 18.1 Å². The van der Waals surface area contributed by atoms with Gasteiger partial charge in [-0.15, -0.1) is 0 Å². The van der Waals surface area contributed by atoms with E-state index in [2.05, 4.69) is 10.3 Å². The molecule has 2 aliphatic carbocycles. The van der Waals surface area contributed by atoms with E-state index in [4.69, 9.17) is 4.98 Å². The number of sulfonamides is 1. The molecule has 30 heavy (non-hydrogen) atoms. The first kappa shape index (κ1) is 19.9. The van der Waals surface area contributed by atoms with E-state index >= 15 is 0 Å². The fraction of sp³-hybridized carbons (Fsp3) is 0.667. The summed E-state index contributed by atoms with van der Waals surface area (Å²) in [6.45, 7) is 2.42. The van der Waals surface area contributed by atoms with Gasteiger partial charge in [-0.1, -0.05) is 6.42 Å². The molecule has 0 amide bonds. The predicted octanol–water partition coefficient (Wildman–Crippen LogP) is 2.52. The van der Waals surface area contributed by atoms with Crippen LogP contribution in [0, 0.1) is 5.41 Å². The summed E-state index contributed by atoms with van der Waals surface area (Å²) in [5, 5.41) is 4.27. The lowest BCUT2D eigenvalue weighted by molar-refractivity contribution is 0.256. The van der Waals surface area contributed by atoms with Gasteiger partial charge in [-0.2, -0.15) is 9.29 Å². The summed E-state index contributed by atoms with van der Waals surface area (Å²) < 4.78 is 27.3. The average molecular weight is 432 g/mol.